The highest BCUT2D eigenvalue weighted by atomic mass is 32.2. The molecule has 0 fully saturated rings. The minimum atomic E-state index is -0.131. The Morgan fingerprint density at radius 1 is 0.879 bits per heavy atom. The molecule has 0 spiro atoms. The number of benzene rings is 2. The normalized spacial score (nSPS) is 11.4. The van der Waals surface area contributed by atoms with E-state index in [1.165, 1.54) is 22.2 Å². The lowest BCUT2D eigenvalue weighted by Crippen LogP contribution is -2.22. The molecule has 3 aromatic heterocycles. The predicted molar refractivity (Wildman–Crippen MR) is 133 cm³/mol. The van der Waals surface area contributed by atoms with E-state index in [9.17, 15) is 9.59 Å². The fourth-order valence-electron chi connectivity index (χ4n) is 3.85. The maximum Gasteiger partial charge on any atom is 0.266 e. The van der Waals surface area contributed by atoms with Crippen LogP contribution < -0.4 is 11.1 Å². The average Bonchev–Trinajstić information content (AvgIpc) is 2.79. The highest BCUT2D eigenvalue weighted by molar-refractivity contribution is 7.98. The van der Waals surface area contributed by atoms with Crippen LogP contribution in [0.3, 0.4) is 0 Å². The zero-order valence-corrected chi connectivity index (χ0v) is 19.4. The van der Waals surface area contributed by atoms with Gasteiger partial charge in [-0.05, 0) is 67.8 Å². The number of fused-ring (bicyclic) bond motifs is 2. The van der Waals surface area contributed by atoms with Gasteiger partial charge in [0.05, 0.1) is 22.3 Å². The van der Waals surface area contributed by atoms with Gasteiger partial charge in [-0.1, -0.05) is 36.0 Å². The fraction of sp³-hybridized carbons (Fsp3) is 0.154. The van der Waals surface area contributed by atoms with E-state index in [0.29, 0.717) is 33.2 Å². The highest BCUT2D eigenvalue weighted by Gasteiger charge is 2.16. The highest BCUT2D eigenvalue weighted by Crippen LogP contribution is 2.26. The van der Waals surface area contributed by atoms with Gasteiger partial charge in [0.1, 0.15) is 5.65 Å². The predicted octanol–water partition coefficient (Wildman–Crippen LogP) is 4.61. The summed E-state index contributed by atoms with van der Waals surface area (Å²) >= 11 is 1.40. The summed E-state index contributed by atoms with van der Waals surface area (Å²) in [6.45, 7) is 5.96. The van der Waals surface area contributed by atoms with Crippen molar-refractivity contribution in [2.24, 2.45) is 0 Å². The minimum Gasteiger partial charge on any atom is -0.269 e. The monoisotopic (exact) mass is 454 g/mol. The fourth-order valence-corrected chi connectivity index (χ4v) is 4.75. The summed E-state index contributed by atoms with van der Waals surface area (Å²) in [5.74, 6) is 0.412. The van der Waals surface area contributed by atoms with Crippen molar-refractivity contribution in [1.82, 2.24) is 18.9 Å². The van der Waals surface area contributed by atoms with Crippen LogP contribution in [0.5, 0.6) is 0 Å². The minimum absolute atomic E-state index is 0.112. The van der Waals surface area contributed by atoms with Crippen molar-refractivity contribution in [2.45, 2.75) is 31.7 Å². The second kappa shape index (κ2) is 8.33. The van der Waals surface area contributed by atoms with Gasteiger partial charge < -0.3 is 0 Å². The number of thioether (sulfide) groups is 1. The molecule has 0 aliphatic heterocycles. The summed E-state index contributed by atoms with van der Waals surface area (Å²) in [5.41, 5.74) is 5.55. The van der Waals surface area contributed by atoms with E-state index >= 15 is 0 Å². The van der Waals surface area contributed by atoms with Crippen LogP contribution >= 0.6 is 11.8 Å². The summed E-state index contributed by atoms with van der Waals surface area (Å²) in [6, 6.07) is 18.7. The topological polar surface area (TPSA) is 69.3 Å². The lowest BCUT2D eigenvalue weighted by atomic mass is 10.1. The Kier molecular flexibility index (Phi) is 5.34. The van der Waals surface area contributed by atoms with Crippen molar-refractivity contribution in [3.63, 3.8) is 0 Å². The summed E-state index contributed by atoms with van der Waals surface area (Å²) in [4.78, 5) is 35.6. The van der Waals surface area contributed by atoms with Crippen molar-refractivity contribution in [3.05, 3.63) is 110 Å². The third kappa shape index (κ3) is 3.96. The van der Waals surface area contributed by atoms with Crippen LogP contribution in [0.1, 0.15) is 22.4 Å². The van der Waals surface area contributed by atoms with Gasteiger partial charge in [0.25, 0.3) is 11.1 Å². The van der Waals surface area contributed by atoms with E-state index in [0.717, 1.165) is 22.4 Å². The molecule has 0 unspecified atom stereocenters. The quantitative estimate of drug-likeness (QED) is 0.293. The number of aromatic nitrogens is 4. The number of hydrogen-bond donors (Lipinski definition) is 0. The Morgan fingerprint density at radius 2 is 1.67 bits per heavy atom. The molecule has 0 radical (unpaired) electrons. The smallest absolute Gasteiger partial charge is 0.266 e. The molecule has 0 amide bonds. The van der Waals surface area contributed by atoms with Gasteiger partial charge >= 0.3 is 0 Å². The molecule has 0 saturated carbocycles. The van der Waals surface area contributed by atoms with Gasteiger partial charge in [0.15, 0.2) is 5.16 Å². The number of para-hydroxylation sites is 1. The van der Waals surface area contributed by atoms with Crippen molar-refractivity contribution in [2.75, 3.05) is 0 Å². The Hall–Kier alpha value is -3.71. The number of aryl methyl sites for hydroxylation is 3. The molecule has 5 rings (SSSR count). The summed E-state index contributed by atoms with van der Waals surface area (Å²) in [5, 5.41) is 1.14. The molecule has 0 aliphatic carbocycles. The van der Waals surface area contributed by atoms with Gasteiger partial charge in [-0.15, -0.1) is 0 Å². The second-order valence-electron chi connectivity index (χ2n) is 8.15. The van der Waals surface area contributed by atoms with Crippen molar-refractivity contribution < 1.29 is 0 Å². The molecule has 33 heavy (non-hydrogen) atoms. The summed E-state index contributed by atoms with van der Waals surface area (Å²) < 4.78 is 3.20. The van der Waals surface area contributed by atoms with E-state index in [4.69, 9.17) is 4.98 Å². The number of rotatable bonds is 4. The first-order valence-corrected chi connectivity index (χ1v) is 11.6. The van der Waals surface area contributed by atoms with Crippen LogP contribution in [0.4, 0.5) is 0 Å². The molecule has 0 saturated heterocycles. The van der Waals surface area contributed by atoms with Crippen LogP contribution in [0.25, 0.3) is 22.2 Å². The van der Waals surface area contributed by atoms with Gasteiger partial charge in [0, 0.05) is 18.0 Å². The SMILES string of the molecule is Cc1ccc(C)c(-n2c(SCc3cc(=O)n4ccc(C)cc4n3)nc3ccccc3c2=O)c1. The molecule has 0 bridgehead atoms. The summed E-state index contributed by atoms with van der Waals surface area (Å²) in [6.07, 6.45) is 1.74. The Balaban J connectivity index is 1.64. The zero-order valence-electron chi connectivity index (χ0n) is 18.6. The Bertz CT molecular complexity index is 1650. The molecular weight excluding hydrogens is 432 g/mol. The largest absolute Gasteiger partial charge is 0.269 e. The first-order chi connectivity index (χ1) is 15.9. The molecule has 3 heterocycles. The average molecular weight is 455 g/mol. The van der Waals surface area contributed by atoms with Crippen LogP contribution in [-0.4, -0.2) is 18.9 Å². The van der Waals surface area contributed by atoms with Crippen LogP contribution in [0.15, 0.2) is 81.6 Å². The first kappa shape index (κ1) is 21.2. The van der Waals surface area contributed by atoms with E-state index < -0.39 is 0 Å². The molecule has 0 N–H and O–H groups in total. The lowest BCUT2D eigenvalue weighted by Gasteiger charge is -2.16. The van der Waals surface area contributed by atoms with Crippen LogP contribution in [0.2, 0.25) is 0 Å². The van der Waals surface area contributed by atoms with Gasteiger partial charge in [-0.25, -0.2) is 9.97 Å². The van der Waals surface area contributed by atoms with Crippen molar-refractivity contribution in [3.8, 4) is 5.69 Å². The van der Waals surface area contributed by atoms with Gasteiger partial charge in [-0.2, -0.15) is 0 Å². The second-order valence-corrected chi connectivity index (χ2v) is 9.09. The third-order valence-corrected chi connectivity index (χ3v) is 6.55. The molecule has 6 nitrogen and oxygen atoms in total. The molecule has 7 heteroatoms. The Labute approximate surface area is 194 Å². The van der Waals surface area contributed by atoms with E-state index in [-0.39, 0.29) is 11.1 Å². The van der Waals surface area contributed by atoms with Crippen LogP contribution in [-0.2, 0) is 5.75 Å². The summed E-state index contributed by atoms with van der Waals surface area (Å²) in [7, 11) is 0. The molecule has 0 aliphatic rings. The molecular formula is C26H22N4O2S. The first-order valence-electron chi connectivity index (χ1n) is 10.6. The van der Waals surface area contributed by atoms with E-state index in [1.807, 2.05) is 69.3 Å². The van der Waals surface area contributed by atoms with Crippen molar-refractivity contribution in [1.29, 1.82) is 0 Å². The molecule has 5 aromatic rings. The van der Waals surface area contributed by atoms with Gasteiger partial charge in [-0.3, -0.25) is 18.6 Å². The number of pyridine rings is 1. The maximum absolute atomic E-state index is 13.5. The zero-order chi connectivity index (χ0) is 23.1. The standard InChI is InChI=1S/C26H22N4O2S/c1-16-8-9-18(3)22(12-16)30-25(32)20-6-4-5-7-21(20)28-26(30)33-15-19-14-24(31)29-11-10-17(2)13-23(29)27-19/h4-14H,15H2,1-3H3. The molecule has 2 aromatic carbocycles. The number of nitrogens with zero attached hydrogens (tertiary/aromatic N) is 4. The maximum atomic E-state index is 13.5. The lowest BCUT2D eigenvalue weighted by molar-refractivity contribution is 0.813. The van der Waals surface area contributed by atoms with Crippen LogP contribution in [0, 0.1) is 20.8 Å². The Morgan fingerprint density at radius 3 is 2.52 bits per heavy atom. The molecule has 164 valence electrons. The third-order valence-electron chi connectivity index (χ3n) is 5.58. The van der Waals surface area contributed by atoms with Gasteiger partial charge in [0.2, 0.25) is 0 Å². The van der Waals surface area contributed by atoms with E-state index in [2.05, 4.69) is 4.98 Å². The number of hydrogen-bond acceptors (Lipinski definition) is 5. The van der Waals surface area contributed by atoms with Crippen molar-refractivity contribution >= 4 is 28.3 Å². The van der Waals surface area contributed by atoms with E-state index in [1.54, 1.807) is 16.8 Å². The molecule has 0 atom stereocenters.